The van der Waals surface area contributed by atoms with Gasteiger partial charge in [-0.3, -0.25) is 4.99 Å². The molecule has 0 aliphatic heterocycles. The number of guanidine groups is 1. The summed E-state index contributed by atoms with van der Waals surface area (Å²) in [7, 11) is -1.65. The molecule has 0 amide bonds. The largest absolute Gasteiger partial charge is 0.355 e. The van der Waals surface area contributed by atoms with Crippen molar-refractivity contribution in [2.45, 2.75) is 42.4 Å². The quantitative estimate of drug-likeness (QED) is 0.257. The van der Waals surface area contributed by atoms with E-state index in [-0.39, 0.29) is 24.0 Å². The van der Waals surface area contributed by atoms with Crippen LogP contribution in [0.4, 0.5) is 0 Å². The third kappa shape index (κ3) is 6.94. The highest BCUT2D eigenvalue weighted by Crippen LogP contribution is 2.17. The van der Waals surface area contributed by atoms with Crippen molar-refractivity contribution in [3.63, 3.8) is 0 Å². The lowest BCUT2D eigenvalue weighted by atomic mass is 9.96. The lowest BCUT2D eigenvalue weighted by molar-refractivity contribution is 0.410. The fourth-order valence-corrected chi connectivity index (χ4v) is 4.56. The third-order valence-corrected chi connectivity index (χ3v) is 6.50. The van der Waals surface area contributed by atoms with Gasteiger partial charge in [0.15, 0.2) is 5.96 Å². The summed E-state index contributed by atoms with van der Waals surface area (Å²) in [6, 6.07) is 3.81. The normalized spacial score (nSPS) is 16.7. The van der Waals surface area contributed by atoms with Crippen LogP contribution in [-0.2, 0) is 10.0 Å². The maximum atomic E-state index is 12.0. The second kappa shape index (κ2) is 10.5. The molecule has 0 spiro atoms. The average Bonchev–Trinajstić information content (AvgIpc) is 3.06. The van der Waals surface area contributed by atoms with E-state index in [0.29, 0.717) is 23.3 Å². The number of hydrogen-bond acceptors (Lipinski definition) is 4. The van der Waals surface area contributed by atoms with E-state index in [1.54, 1.807) is 24.6 Å². The molecule has 9 heteroatoms. The molecule has 132 valence electrons. The van der Waals surface area contributed by atoms with Crippen LogP contribution >= 0.6 is 35.3 Å². The van der Waals surface area contributed by atoms with Crippen LogP contribution < -0.4 is 15.4 Å². The van der Waals surface area contributed by atoms with Gasteiger partial charge in [-0.1, -0.05) is 25.3 Å². The van der Waals surface area contributed by atoms with Crippen LogP contribution in [0, 0.1) is 0 Å². The minimum Gasteiger partial charge on any atom is -0.355 e. The molecule has 1 aromatic heterocycles. The van der Waals surface area contributed by atoms with Gasteiger partial charge in [0.2, 0.25) is 10.0 Å². The molecule has 1 saturated carbocycles. The fourth-order valence-electron chi connectivity index (χ4n) is 2.49. The van der Waals surface area contributed by atoms with Crippen molar-refractivity contribution < 1.29 is 8.42 Å². The molecule has 1 aliphatic carbocycles. The molecule has 1 aliphatic rings. The van der Waals surface area contributed by atoms with E-state index < -0.39 is 10.0 Å². The maximum Gasteiger partial charge on any atom is 0.250 e. The number of hydrogen-bond donors (Lipinski definition) is 3. The maximum absolute atomic E-state index is 12.0. The molecule has 2 rings (SSSR count). The van der Waals surface area contributed by atoms with Gasteiger partial charge in [-0.25, -0.2) is 13.1 Å². The fraction of sp³-hybridized carbons (Fsp3) is 0.643. The summed E-state index contributed by atoms with van der Waals surface area (Å²) in [6.45, 7) is 0.822. The average molecular weight is 472 g/mol. The molecule has 23 heavy (non-hydrogen) atoms. The Morgan fingerprint density at radius 1 is 1.30 bits per heavy atom. The molecule has 0 saturated heterocycles. The van der Waals surface area contributed by atoms with Crippen molar-refractivity contribution >= 4 is 51.3 Å². The Bertz CT molecular complexity index is 570. The van der Waals surface area contributed by atoms with Gasteiger partial charge >= 0.3 is 0 Å². The van der Waals surface area contributed by atoms with Crippen LogP contribution in [0.1, 0.15) is 32.1 Å². The number of thiophene rings is 1. The Kier molecular flexibility index (Phi) is 9.40. The van der Waals surface area contributed by atoms with Crippen LogP contribution in [0.3, 0.4) is 0 Å². The van der Waals surface area contributed by atoms with E-state index in [0.717, 1.165) is 5.96 Å². The predicted molar refractivity (Wildman–Crippen MR) is 106 cm³/mol. The molecule has 1 fully saturated rings. The van der Waals surface area contributed by atoms with Gasteiger partial charge in [-0.05, 0) is 24.3 Å². The molecule has 0 unspecified atom stereocenters. The molecule has 0 bridgehead atoms. The predicted octanol–water partition coefficient (Wildman–Crippen LogP) is 2.14. The van der Waals surface area contributed by atoms with Crippen LogP contribution in [-0.4, -0.2) is 40.6 Å². The summed E-state index contributed by atoms with van der Waals surface area (Å²) in [5.74, 6) is 0.738. The second-order valence-corrected chi connectivity index (χ2v) is 8.25. The lowest BCUT2D eigenvalue weighted by Crippen LogP contribution is -2.46. The summed E-state index contributed by atoms with van der Waals surface area (Å²) < 4.78 is 26.8. The first-order valence-electron chi connectivity index (χ1n) is 7.62. The van der Waals surface area contributed by atoms with Crippen molar-refractivity contribution in [2.24, 2.45) is 4.99 Å². The zero-order valence-corrected chi connectivity index (χ0v) is 17.2. The first-order valence-corrected chi connectivity index (χ1v) is 9.98. The highest BCUT2D eigenvalue weighted by molar-refractivity contribution is 14.0. The molecule has 0 atom stereocenters. The molecule has 0 aromatic carbocycles. The van der Waals surface area contributed by atoms with Gasteiger partial charge in [-0.2, -0.15) is 0 Å². The summed E-state index contributed by atoms with van der Waals surface area (Å²) in [5, 5.41) is 8.30. The molecular formula is C14H25IN4O2S2. The Morgan fingerprint density at radius 3 is 2.65 bits per heavy atom. The van der Waals surface area contributed by atoms with Crippen molar-refractivity contribution in [3.05, 3.63) is 17.5 Å². The van der Waals surface area contributed by atoms with E-state index >= 15 is 0 Å². The summed E-state index contributed by atoms with van der Waals surface area (Å²) >= 11 is 1.22. The van der Waals surface area contributed by atoms with E-state index in [2.05, 4.69) is 20.3 Å². The van der Waals surface area contributed by atoms with Crippen molar-refractivity contribution in [3.8, 4) is 0 Å². The summed E-state index contributed by atoms with van der Waals surface area (Å²) in [5.41, 5.74) is 0. The molecule has 0 radical (unpaired) electrons. The van der Waals surface area contributed by atoms with E-state index in [4.69, 9.17) is 0 Å². The number of halogens is 1. The van der Waals surface area contributed by atoms with Gasteiger partial charge in [0.25, 0.3) is 0 Å². The van der Waals surface area contributed by atoms with E-state index in [1.807, 2.05) is 0 Å². The van der Waals surface area contributed by atoms with Crippen LogP contribution in [0.2, 0.25) is 0 Å². The minimum atomic E-state index is -3.38. The number of nitrogens with zero attached hydrogens (tertiary/aromatic N) is 1. The topological polar surface area (TPSA) is 82.6 Å². The molecule has 6 nitrogen and oxygen atoms in total. The third-order valence-electron chi connectivity index (χ3n) is 3.64. The number of aliphatic imine (C=N–C) groups is 1. The lowest BCUT2D eigenvalue weighted by Gasteiger charge is -2.24. The standard InChI is InChI=1S/C14H24N4O2S2.HI/c1-15-14(18-12-6-3-2-4-7-12)16-9-10-17-22(19,20)13-8-5-11-21-13;/h5,8,11-12,17H,2-4,6-7,9-10H2,1H3,(H2,15,16,18);1H. The van der Waals surface area contributed by atoms with E-state index in [9.17, 15) is 8.42 Å². The molecular weight excluding hydrogens is 447 g/mol. The number of rotatable bonds is 6. The highest BCUT2D eigenvalue weighted by Gasteiger charge is 2.15. The smallest absolute Gasteiger partial charge is 0.250 e. The van der Waals surface area contributed by atoms with Crippen LogP contribution in [0.5, 0.6) is 0 Å². The van der Waals surface area contributed by atoms with Crippen molar-refractivity contribution in [1.82, 2.24) is 15.4 Å². The van der Waals surface area contributed by atoms with Gasteiger partial charge < -0.3 is 10.6 Å². The van der Waals surface area contributed by atoms with Gasteiger partial charge in [0.1, 0.15) is 4.21 Å². The number of sulfonamides is 1. The zero-order chi connectivity index (χ0) is 15.8. The molecule has 3 N–H and O–H groups in total. The SMILES string of the molecule is CN=C(NCCNS(=O)(=O)c1cccs1)NC1CCCCC1.I. The first kappa shape index (κ1) is 20.7. The summed E-state index contributed by atoms with van der Waals surface area (Å²) in [4.78, 5) is 4.19. The molecule has 1 aromatic rings. The van der Waals surface area contributed by atoms with E-state index in [1.165, 1.54) is 43.4 Å². The van der Waals surface area contributed by atoms with Crippen molar-refractivity contribution in [2.75, 3.05) is 20.1 Å². The van der Waals surface area contributed by atoms with Crippen LogP contribution in [0.25, 0.3) is 0 Å². The summed E-state index contributed by atoms with van der Waals surface area (Å²) in [6.07, 6.45) is 6.18. The monoisotopic (exact) mass is 472 g/mol. The van der Waals surface area contributed by atoms with Crippen molar-refractivity contribution in [1.29, 1.82) is 0 Å². The Balaban J connectivity index is 0.00000264. The first-order chi connectivity index (χ1) is 10.6. The molecule has 1 heterocycles. The van der Waals surface area contributed by atoms with Gasteiger partial charge in [-0.15, -0.1) is 35.3 Å². The zero-order valence-electron chi connectivity index (χ0n) is 13.2. The minimum absolute atomic E-state index is 0. The number of nitrogens with one attached hydrogen (secondary N) is 3. The van der Waals surface area contributed by atoms with Gasteiger partial charge in [0, 0.05) is 26.2 Å². The highest BCUT2D eigenvalue weighted by atomic mass is 127. The Hall–Kier alpha value is -0.390. The Labute approximate surface area is 159 Å². The second-order valence-electron chi connectivity index (χ2n) is 5.31. The Morgan fingerprint density at radius 2 is 2.04 bits per heavy atom. The van der Waals surface area contributed by atoms with Crippen LogP contribution in [0.15, 0.2) is 26.7 Å². The van der Waals surface area contributed by atoms with Gasteiger partial charge in [0.05, 0.1) is 0 Å².